The summed E-state index contributed by atoms with van der Waals surface area (Å²) in [4.78, 5) is 7.17. The van der Waals surface area contributed by atoms with Crippen molar-refractivity contribution in [1.82, 2.24) is 15.2 Å². The number of aromatic nitrogens is 1. The quantitative estimate of drug-likeness (QED) is 0.414. The molecule has 0 unspecified atom stereocenters. The van der Waals surface area contributed by atoms with Gasteiger partial charge in [0.2, 0.25) is 0 Å². The van der Waals surface area contributed by atoms with E-state index in [1.54, 1.807) is 0 Å². The van der Waals surface area contributed by atoms with Crippen LogP contribution in [0, 0.1) is 11.3 Å². The van der Waals surface area contributed by atoms with E-state index in [0.29, 0.717) is 6.54 Å². The van der Waals surface area contributed by atoms with Crippen molar-refractivity contribution in [2.45, 2.75) is 64.1 Å². The van der Waals surface area contributed by atoms with Gasteiger partial charge >= 0.3 is 0 Å². The second kappa shape index (κ2) is 11.6. The molecule has 1 N–H and O–H groups in total. The molecule has 0 amide bonds. The van der Waals surface area contributed by atoms with Gasteiger partial charge in [0.1, 0.15) is 0 Å². The molecule has 0 radical (unpaired) electrons. The Morgan fingerprint density at radius 1 is 1.04 bits per heavy atom. The maximum absolute atomic E-state index is 8.60. The van der Waals surface area contributed by atoms with Crippen LogP contribution in [0.15, 0.2) is 48.7 Å². The van der Waals surface area contributed by atoms with Gasteiger partial charge in [-0.3, -0.25) is 9.88 Å². The van der Waals surface area contributed by atoms with Crippen LogP contribution in [0.1, 0.15) is 55.3 Å². The minimum Gasteiger partial charge on any atom is -0.300 e. The molecule has 4 nitrogen and oxygen atoms in total. The Bertz CT molecular complexity index is 734. The molecule has 2 aromatic rings. The smallest absolute Gasteiger partial charge is 0.0843 e. The van der Waals surface area contributed by atoms with Crippen molar-refractivity contribution in [3.05, 3.63) is 65.5 Å². The van der Waals surface area contributed by atoms with Crippen molar-refractivity contribution in [1.29, 1.82) is 5.26 Å². The maximum Gasteiger partial charge on any atom is 0.0843 e. The number of nitrogens with zero attached hydrogens (tertiary/aromatic N) is 3. The van der Waals surface area contributed by atoms with Crippen LogP contribution in [0.5, 0.6) is 0 Å². The molecule has 0 spiro atoms. The molecule has 1 aromatic carbocycles. The van der Waals surface area contributed by atoms with E-state index < -0.39 is 0 Å². The molecule has 1 saturated carbocycles. The molecule has 148 valence electrons. The number of hydrogen-bond donors (Lipinski definition) is 1. The van der Waals surface area contributed by atoms with E-state index in [9.17, 15) is 0 Å². The topological polar surface area (TPSA) is 52.0 Å². The molecule has 1 aliphatic rings. The fourth-order valence-corrected chi connectivity index (χ4v) is 3.66. The molecule has 1 heterocycles. The fourth-order valence-electron chi connectivity index (χ4n) is 3.66. The highest BCUT2D eigenvalue weighted by molar-refractivity contribution is 5.16. The van der Waals surface area contributed by atoms with Crippen molar-refractivity contribution in [2.75, 3.05) is 13.1 Å². The van der Waals surface area contributed by atoms with E-state index in [-0.39, 0.29) is 0 Å². The Labute approximate surface area is 169 Å². The van der Waals surface area contributed by atoms with Gasteiger partial charge in [-0.1, -0.05) is 43.2 Å². The van der Waals surface area contributed by atoms with E-state index in [1.165, 1.54) is 61.9 Å². The average molecular weight is 377 g/mol. The molecule has 1 aromatic heterocycles. The highest BCUT2D eigenvalue weighted by atomic mass is 15.2. The van der Waals surface area contributed by atoms with Gasteiger partial charge in [0.05, 0.1) is 12.6 Å². The van der Waals surface area contributed by atoms with Gasteiger partial charge in [-0.05, 0) is 61.9 Å². The summed E-state index contributed by atoms with van der Waals surface area (Å²) in [6.07, 6.45) is 10.7. The van der Waals surface area contributed by atoms with Gasteiger partial charge < -0.3 is 5.32 Å². The normalized spacial score (nSPS) is 13.6. The number of pyridine rings is 1. The largest absolute Gasteiger partial charge is 0.300 e. The van der Waals surface area contributed by atoms with Crippen LogP contribution in [-0.2, 0) is 19.5 Å². The van der Waals surface area contributed by atoms with Gasteiger partial charge in [-0.2, -0.15) is 5.26 Å². The zero-order chi connectivity index (χ0) is 19.4. The second-order valence-corrected chi connectivity index (χ2v) is 7.77. The highest BCUT2D eigenvalue weighted by Crippen LogP contribution is 2.28. The lowest BCUT2D eigenvalue weighted by atomic mass is 10.1. The average Bonchev–Trinajstić information content (AvgIpc) is 3.56. The highest BCUT2D eigenvalue weighted by Gasteiger charge is 2.28. The first-order valence-electron chi connectivity index (χ1n) is 10.6. The molecular weight excluding hydrogens is 344 g/mol. The third-order valence-corrected chi connectivity index (χ3v) is 5.33. The summed E-state index contributed by atoms with van der Waals surface area (Å²) in [6.45, 7) is 3.45. The van der Waals surface area contributed by atoms with E-state index >= 15 is 0 Å². The first-order chi connectivity index (χ1) is 13.8. The molecular formula is C24H32N4. The summed E-state index contributed by atoms with van der Waals surface area (Å²) in [6, 6.07) is 18.0. The first-order valence-corrected chi connectivity index (χ1v) is 10.6. The van der Waals surface area contributed by atoms with Crippen LogP contribution in [0.25, 0.3) is 0 Å². The third kappa shape index (κ3) is 7.42. The van der Waals surface area contributed by atoms with E-state index in [0.717, 1.165) is 25.6 Å². The van der Waals surface area contributed by atoms with Gasteiger partial charge in [0, 0.05) is 31.0 Å². The third-order valence-electron chi connectivity index (χ3n) is 5.33. The minimum atomic E-state index is 0.389. The van der Waals surface area contributed by atoms with Gasteiger partial charge in [-0.25, -0.2) is 0 Å². The molecule has 3 rings (SSSR count). The van der Waals surface area contributed by atoms with Crippen molar-refractivity contribution >= 4 is 0 Å². The summed E-state index contributed by atoms with van der Waals surface area (Å²) in [5, 5.41) is 11.7. The summed E-state index contributed by atoms with van der Waals surface area (Å²) >= 11 is 0. The van der Waals surface area contributed by atoms with Crippen molar-refractivity contribution < 1.29 is 0 Å². The molecule has 0 atom stereocenters. The van der Waals surface area contributed by atoms with Crippen LogP contribution in [0.3, 0.4) is 0 Å². The Hall–Kier alpha value is -2.22. The fraction of sp³-hybridized carbons (Fsp3) is 0.500. The SMILES string of the molecule is N#CCNCc1ccnc(CCCCCCN(Cc2ccccc2)C2CC2)c1. The molecule has 0 aliphatic heterocycles. The summed E-state index contributed by atoms with van der Waals surface area (Å²) in [5.74, 6) is 0. The number of benzene rings is 1. The zero-order valence-electron chi connectivity index (χ0n) is 16.8. The van der Waals surface area contributed by atoms with Crippen molar-refractivity contribution in [3.63, 3.8) is 0 Å². The number of unbranched alkanes of at least 4 members (excludes halogenated alkanes) is 3. The number of hydrogen-bond acceptors (Lipinski definition) is 4. The predicted octanol–water partition coefficient (Wildman–Crippen LogP) is 4.46. The molecule has 28 heavy (non-hydrogen) atoms. The molecule has 0 bridgehead atoms. The number of aryl methyl sites for hydroxylation is 1. The molecule has 0 saturated heterocycles. The van der Waals surface area contributed by atoms with Crippen LogP contribution in [0.4, 0.5) is 0 Å². The van der Waals surface area contributed by atoms with Gasteiger partial charge in [0.15, 0.2) is 0 Å². The molecule has 1 fully saturated rings. The maximum atomic E-state index is 8.60. The lowest BCUT2D eigenvalue weighted by molar-refractivity contribution is 0.248. The van der Waals surface area contributed by atoms with Crippen LogP contribution < -0.4 is 5.32 Å². The summed E-state index contributed by atoms with van der Waals surface area (Å²) in [5.41, 5.74) is 3.81. The van der Waals surface area contributed by atoms with Crippen molar-refractivity contribution in [3.8, 4) is 6.07 Å². The van der Waals surface area contributed by atoms with E-state index in [1.807, 2.05) is 12.3 Å². The standard InChI is InChI=1S/C24H32N4/c25-14-16-26-19-22-13-15-27-23(18-22)10-6-1-2-7-17-28(24-11-12-24)20-21-8-4-3-5-9-21/h3-5,8-9,13,15,18,24,26H,1-2,6-7,10-12,16-17,19-20H2. The Morgan fingerprint density at radius 3 is 2.64 bits per heavy atom. The van der Waals surface area contributed by atoms with E-state index in [2.05, 4.69) is 57.7 Å². The lowest BCUT2D eigenvalue weighted by Crippen LogP contribution is -2.26. The number of rotatable bonds is 13. The van der Waals surface area contributed by atoms with Crippen LogP contribution in [-0.4, -0.2) is 29.0 Å². The van der Waals surface area contributed by atoms with Gasteiger partial charge in [0.25, 0.3) is 0 Å². The van der Waals surface area contributed by atoms with E-state index in [4.69, 9.17) is 5.26 Å². The Morgan fingerprint density at radius 2 is 1.86 bits per heavy atom. The predicted molar refractivity (Wildman–Crippen MR) is 114 cm³/mol. The Balaban J connectivity index is 1.31. The minimum absolute atomic E-state index is 0.389. The summed E-state index contributed by atoms with van der Waals surface area (Å²) < 4.78 is 0. The Kier molecular flexibility index (Phi) is 8.49. The summed E-state index contributed by atoms with van der Waals surface area (Å²) in [7, 11) is 0. The lowest BCUT2D eigenvalue weighted by Gasteiger charge is -2.22. The van der Waals surface area contributed by atoms with Gasteiger partial charge in [-0.15, -0.1) is 0 Å². The molecule has 1 aliphatic carbocycles. The second-order valence-electron chi connectivity index (χ2n) is 7.77. The van der Waals surface area contributed by atoms with Crippen LogP contribution >= 0.6 is 0 Å². The van der Waals surface area contributed by atoms with Crippen molar-refractivity contribution in [2.24, 2.45) is 0 Å². The first kappa shape index (κ1) is 20.5. The van der Waals surface area contributed by atoms with Crippen LogP contribution in [0.2, 0.25) is 0 Å². The monoisotopic (exact) mass is 376 g/mol. The zero-order valence-corrected chi connectivity index (χ0v) is 16.8. The number of nitrogens with one attached hydrogen (secondary N) is 1. The molecule has 4 heteroatoms. The number of nitriles is 1.